The van der Waals surface area contributed by atoms with Gasteiger partial charge in [0.15, 0.2) is 0 Å². The molecule has 0 unspecified atom stereocenters. The van der Waals surface area contributed by atoms with Gasteiger partial charge in [0, 0.05) is 13.7 Å². The van der Waals surface area contributed by atoms with Crippen molar-refractivity contribution in [2.24, 2.45) is 5.41 Å². The fourth-order valence-electron chi connectivity index (χ4n) is 1.37. The zero-order valence-electron chi connectivity index (χ0n) is 13.6. The molecule has 0 fully saturated rings. The molecule has 1 aromatic carbocycles. The average molecular weight is 307 g/mol. The van der Waals surface area contributed by atoms with E-state index < -0.39 is 11.6 Å². The van der Waals surface area contributed by atoms with Gasteiger partial charge in [0.05, 0.1) is 5.41 Å². The van der Waals surface area contributed by atoms with Crippen LogP contribution in [0.3, 0.4) is 0 Å². The first-order valence-electron chi connectivity index (χ1n) is 7.09. The Labute approximate surface area is 126 Å². The van der Waals surface area contributed by atoms with E-state index in [1.54, 1.807) is 0 Å². The van der Waals surface area contributed by atoms with Gasteiger partial charge in [-0.25, -0.2) is 0 Å². The number of halogens is 3. The predicted molar refractivity (Wildman–Crippen MR) is 82.1 cm³/mol. The molecule has 1 aromatic rings. The molecule has 0 amide bonds. The SMILES string of the molecule is CC.CC(C)(CCNCc1ccccc1)C(F)(F)F.CO. The van der Waals surface area contributed by atoms with Gasteiger partial charge in [-0.1, -0.05) is 58.0 Å². The molecule has 0 bridgehead atoms. The first-order valence-corrected chi connectivity index (χ1v) is 7.09. The third-order valence-electron chi connectivity index (χ3n) is 2.87. The molecule has 0 aliphatic carbocycles. The molecule has 0 heterocycles. The second kappa shape index (κ2) is 11.6. The van der Waals surface area contributed by atoms with Crippen molar-refractivity contribution in [1.82, 2.24) is 5.32 Å². The van der Waals surface area contributed by atoms with E-state index in [2.05, 4.69) is 5.32 Å². The number of rotatable bonds is 5. The molecule has 0 radical (unpaired) electrons. The van der Waals surface area contributed by atoms with Crippen molar-refractivity contribution in [3.05, 3.63) is 35.9 Å². The van der Waals surface area contributed by atoms with Crippen LogP contribution in [0.4, 0.5) is 13.2 Å². The number of alkyl halides is 3. The maximum absolute atomic E-state index is 12.6. The Morgan fingerprint density at radius 3 is 1.90 bits per heavy atom. The lowest BCUT2D eigenvalue weighted by Gasteiger charge is -2.27. The van der Waals surface area contributed by atoms with E-state index >= 15 is 0 Å². The van der Waals surface area contributed by atoms with Crippen molar-refractivity contribution >= 4 is 0 Å². The lowest BCUT2D eigenvalue weighted by atomic mass is 9.88. The summed E-state index contributed by atoms with van der Waals surface area (Å²) in [7, 11) is 1.00. The highest BCUT2D eigenvalue weighted by Crippen LogP contribution is 2.39. The van der Waals surface area contributed by atoms with Crippen LogP contribution in [0.15, 0.2) is 30.3 Å². The molecular formula is C16H28F3NO. The molecule has 0 atom stereocenters. The maximum atomic E-state index is 12.6. The zero-order chi connectivity index (χ0) is 16.9. The van der Waals surface area contributed by atoms with Crippen LogP contribution in [0, 0.1) is 5.41 Å². The molecule has 0 aliphatic heterocycles. The van der Waals surface area contributed by atoms with Gasteiger partial charge in [0.1, 0.15) is 0 Å². The molecule has 21 heavy (non-hydrogen) atoms. The standard InChI is InChI=1S/C13H18F3N.C2H6.CH4O/c1-12(2,13(14,15)16)8-9-17-10-11-6-4-3-5-7-11;2*1-2/h3-7,17H,8-10H2,1-2H3;1-2H3;2H,1H3. The van der Waals surface area contributed by atoms with E-state index in [9.17, 15) is 13.2 Å². The highest BCUT2D eigenvalue weighted by Gasteiger charge is 2.46. The number of hydrogen-bond acceptors (Lipinski definition) is 2. The third-order valence-corrected chi connectivity index (χ3v) is 2.87. The van der Waals surface area contributed by atoms with Gasteiger partial charge in [-0.05, 0) is 18.5 Å². The highest BCUT2D eigenvalue weighted by molar-refractivity contribution is 5.14. The number of hydrogen-bond donors (Lipinski definition) is 2. The summed E-state index contributed by atoms with van der Waals surface area (Å²) < 4.78 is 37.7. The lowest BCUT2D eigenvalue weighted by molar-refractivity contribution is -0.213. The van der Waals surface area contributed by atoms with E-state index in [-0.39, 0.29) is 6.42 Å². The van der Waals surface area contributed by atoms with Crippen LogP contribution in [0.1, 0.15) is 39.7 Å². The lowest BCUT2D eigenvalue weighted by Crippen LogP contribution is -2.35. The van der Waals surface area contributed by atoms with Crippen LogP contribution >= 0.6 is 0 Å². The zero-order valence-corrected chi connectivity index (χ0v) is 13.6. The average Bonchev–Trinajstić information content (AvgIpc) is 2.48. The van der Waals surface area contributed by atoms with Crippen LogP contribution in [-0.2, 0) is 6.54 Å². The number of benzene rings is 1. The third kappa shape index (κ3) is 9.47. The second-order valence-electron chi connectivity index (χ2n) is 4.79. The summed E-state index contributed by atoms with van der Waals surface area (Å²) in [6.45, 7) is 7.44. The summed E-state index contributed by atoms with van der Waals surface area (Å²) in [6.07, 6.45) is -4.05. The topological polar surface area (TPSA) is 32.3 Å². The van der Waals surface area contributed by atoms with Crippen LogP contribution in [-0.4, -0.2) is 24.9 Å². The summed E-state index contributed by atoms with van der Waals surface area (Å²) in [5.41, 5.74) is -0.547. The van der Waals surface area contributed by atoms with E-state index in [1.165, 1.54) is 13.8 Å². The highest BCUT2D eigenvalue weighted by atomic mass is 19.4. The maximum Gasteiger partial charge on any atom is 0.394 e. The molecule has 124 valence electrons. The molecular weight excluding hydrogens is 279 g/mol. The number of nitrogens with one attached hydrogen (secondary N) is 1. The molecule has 2 N–H and O–H groups in total. The minimum atomic E-state index is -4.14. The van der Waals surface area contributed by atoms with Crippen LogP contribution in [0.2, 0.25) is 0 Å². The first kappa shape index (κ1) is 22.2. The van der Waals surface area contributed by atoms with Crippen LogP contribution in [0.5, 0.6) is 0 Å². The van der Waals surface area contributed by atoms with Crippen molar-refractivity contribution in [2.75, 3.05) is 13.7 Å². The Balaban J connectivity index is 0. The molecule has 2 nitrogen and oxygen atoms in total. The normalized spacial score (nSPS) is 10.9. The van der Waals surface area contributed by atoms with Gasteiger partial charge in [0.2, 0.25) is 0 Å². The molecule has 1 rings (SSSR count). The number of aliphatic hydroxyl groups excluding tert-OH is 1. The molecule has 5 heteroatoms. The Hall–Kier alpha value is -1.07. The van der Waals surface area contributed by atoms with E-state index in [1.807, 2.05) is 44.2 Å². The molecule has 0 spiro atoms. The Morgan fingerprint density at radius 1 is 1.00 bits per heavy atom. The fraction of sp³-hybridized carbons (Fsp3) is 0.625. The first-order chi connectivity index (χ1) is 9.83. The molecule has 0 aromatic heterocycles. The van der Waals surface area contributed by atoms with Gasteiger partial charge in [-0.15, -0.1) is 0 Å². The van der Waals surface area contributed by atoms with Crippen LogP contribution < -0.4 is 5.32 Å². The molecule has 0 saturated carbocycles. The fourth-order valence-corrected chi connectivity index (χ4v) is 1.37. The largest absolute Gasteiger partial charge is 0.400 e. The quantitative estimate of drug-likeness (QED) is 0.791. The van der Waals surface area contributed by atoms with Crippen LogP contribution in [0.25, 0.3) is 0 Å². The van der Waals surface area contributed by atoms with Gasteiger partial charge in [-0.3, -0.25) is 0 Å². The van der Waals surface area contributed by atoms with E-state index in [0.29, 0.717) is 13.1 Å². The van der Waals surface area contributed by atoms with Crippen molar-refractivity contribution in [3.8, 4) is 0 Å². The minimum absolute atomic E-state index is 0.0866. The Kier molecular flexibility index (Phi) is 12.2. The number of aliphatic hydroxyl groups is 1. The Morgan fingerprint density at radius 2 is 1.48 bits per heavy atom. The van der Waals surface area contributed by atoms with Gasteiger partial charge in [0.25, 0.3) is 0 Å². The van der Waals surface area contributed by atoms with Crippen molar-refractivity contribution in [3.63, 3.8) is 0 Å². The smallest absolute Gasteiger partial charge is 0.394 e. The summed E-state index contributed by atoms with van der Waals surface area (Å²) in [5, 5.41) is 10.0. The van der Waals surface area contributed by atoms with E-state index in [0.717, 1.165) is 12.7 Å². The monoisotopic (exact) mass is 307 g/mol. The molecule has 0 saturated heterocycles. The van der Waals surface area contributed by atoms with Gasteiger partial charge in [-0.2, -0.15) is 13.2 Å². The summed E-state index contributed by atoms with van der Waals surface area (Å²) in [5.74, 6) is 0. The minimum Gasteiger partial charge on any atom is -0.400 e. The Bertz CT molecular complexity index is 337. The summed E-state index contributed by atoms with van der Waals surface area (Å²) >= 11 is 0. The van der Waals surface area contributed by atoms with Crippen molar-refractivity contribution in [1.29, 1.82) is 0 Å². The van der Waals surface area contributed by atoms with Crippen molar-refractivity contribution < 1.29 is 18.3 Å². The van der Waals surface area contributed by atoms with Gasteiger partial charge < -0.3 is 10.4 Å². The predicted octanol–water partition coefficient (Wildman–Crippen LogP) is 4.39. The van der Waals surface area contributed by atoms with Crippen molar-refractivity contribution in [2.45, 2.75) is 46.8 Å². The van der Waals surface area contributed by atoms with Gasteiger partial charge >= 0.3 is 6.18 Å². The second-order valence-corrected chi connectivity index (χ2v) is 4.79. The van der Waals surface area contributed by atoms with E-state index in [4.69, 9.17) is 5.11 Å². The molecule has 0 aliphatic rings. The summed E-state index contributed by atoms with van der Waals surface area (Å²) in [4.78, 5) is 0. The summed E-state index contributed by atoms with van der Waals surface area (Å²) in [6, 6.07) is 9.63.